The Labute approximate surface area is 170 Å². The van der Waals surface area contributed by atoms with Crippen molar-refractivity contribution in [2.75, 3.05) is 24.5 Å². The summed E-state index contributed by atoms with van der Waals surface area (Å²) in [5.41, 5.74) is 2.15. The van der Waals surface area contributed by atoms with Crippen LogP contribution in [0.5, 0.6) is 11.5 Å². The first-order valence-electron chi connectivity index (χ1n) is 9.44. The highest BCUT2D eigenvalue weighted by atomic mass is 32.1. The number of anilines is 1. The lowest BCUT2D eigenvalue weighted by molar-refractivity contribution is 0.467. The molecule has 0 saturated carbocycles. The molecule has 28 heavy (non-hydrogen) atoms. The van der Waals surface area contributed by atoms with Crippen LogP contribution in [0, 0.1) is 5.82 Å². The van der Waals surface area contributed by atoms with Crippen molar-refractivity contribution in [3.8, 4) is 11.5 Å². The van der Waals surface area contributed by atoms with Gasteiger partial charge >= 0.3 is 0 Å². The number of ether oxygens (including phenoxy) is 1. The van der Waals surface area contributed by atoms with Gasteiger partial charge in [-0.05, 0) is 54.1 Å². The fourth-order valence-electron chi connectivity index (χ4n) is 3.54. The van der Waals surface area contributed by atoms with Gasteiger partial charge in [0.25, 0.3) is 0 Å². The van der Waals surface area contributed by atoms with Crippen LogP contribution < -0.4 is 15.0 Å². The molecule has 1 fully saturated rings. The summed E-state index contributed by atoms with van der Waals surface area (Å²) in [5, 5.41) is 3.47. The predicted octanol–water partition coefficient (Wildman–Crippen LogP) is 5.07. The molecule has 1 N–H and O–H groups in total. The Balaban J connectivity index is 1.50. The van der Waals surface area contributed by atoms with Crippen molar-refractivity contribution >= 4 is 18.3 Å². The van der Waals surface area contributed by atoms with Crippen molar-refractivity contribution in [2.45, 2.75) is 11.3 Å². The Morgan fingerprint density at radius 1 is 0.929 bits per heavy atom. The van der Waals surface area contributed by atoms with Gasteiger partial charge in [-0.15, -0.1) is 0 Å². The van der Waals surface area contributed by atoms with Crippen LogP contribution in [0.3, 0.4) is 0 Å². The van der Waals surface area contributed by atoms with Gasteiger partial charge in [0.15, 0.2) is 0 Å². The lowest BCUT2D eigenvalue weighted by Crippen LogP contribution is -2.53. The van der Waals surface area contributed by atoms with Gasteiger partial charge in [0, 0.05) is 30.6 Å². The fourth-order valence-corrected chi connectivity index (χ4v) is 3.98. The van der Waals surface area contributed by atoms with Gasteiger partial charge in [-0.2, -0.15) is 12.6 Å². The van der Waals surface area contributed by atoms with E-state index >= 15 is 0 Å². The third-order valence-corrected chi connectivity index (χ3v) is 5.65. The highest BCUT2D eigenvalue weighted by molar-refractivity contribution is 7.80. The summed E-state index contributed by atoms with van der Waals surface area (Å²) in [7, 11) is 0. The molecule has 4 rings (SSSR count). The Morgan fingerprint density at radius 3 is 2.32 bits per heavy atom. The first-order chi connectivity index (χ1) is 13.7. The molecule has 0 bridgehead atoms. The summed E-state index contributed by atoms with van der Waals surface area (Å²) in [6, 6.07) is 24.7. The number of benzene rings is 3. The third-order valence-electron chi connectivity index (χ3n) is 5.01. The average molecular weight is 395 g/mol. The summed E-state index contributed by atoms with van der Waals surface area (Å²) in [6.07, 6.45) is 0. The molecule has 2 atom stereocenters. The predicted molar refractivity (Wildman–Crippen MR) is 115 cm³/mol. The van der Waals surface area contributed by atoms with Gasteiger partial charge in [0.1, 0.15) is 17.3 Å². The minimum atomic E-state index is -0.216. The molecule has 0 aliphatic carbocycles. The van der Waals surface area contributed by atoms with Gasteiger partial charge in [-0.3, -0.25) is 0 Å². The van der Waals surface area contributed by atoms with E-state index in [0.717, 1.165) is 42.4 Å². The van der Waals surface area contributed by atoms with Gasteiger partial charge in [-0.25, -0.2) is 4.39 Å². The Hall–Kier alpha value is -2.50. The maximum atomic E-state index is 13.3. The lowest BCUT2D eigenvalue weighted by Gasteiger charge is -2.41. The quantitative estimate of drug-likeness (QED) is 0.591. The Morgan fingerprint density at radius 2 is 1.61 bits per heavy atom. The van der Waals surface area contributed by atoms with Crippen molar-refractivity contribution in [1.29, 1.82) is 0 Å². The standard InChI is InChI=1S/C23H23FN2OS/c24-18-8-10-19(11-9-18)26-15-14-25-16-22(26)23(28)17-6-12-21(13-7-17)27-20-4-2-1-3-5-20/h1-13,22-23,25,28H,14-16H2. The second kappa shape index (κ2) is 8.67. The number of hydrogen-bond acceptors (Lipinski definition) is 4. The molecule has 3 aromatic carbocycles. The highest BCUT2D eigenvalue weighted by Crippen LogP contribution is 2.33. The topological polar surface area (TPSA) is 24.5 Å². The second-order valence-corrected chi connectivity index (χ2v) is 7.43. The van der Waals surface area contributed by atoms with Crippen LogP contribution in [0.15, 0.2) is 78.9 Å². The van der Waals surface area contributed by atoms with E-state index in [1.54, 1.807) is 0 Å². The summed E-state index contributed by atoms with van der Waals surface area (Å²) >= 11 is 4.93. The first-order valence-corrected chi connectivity index (χ1v) is 9.96. The van der Waals surface area contributed by atoms with E-state index < -0.39 is 0 Å². The molecule has 3 aromatic rings. The van der Waals surface area contributed by atoms with E-state index in [1.807, 2.05) is 54.6 Å². The van der Waals surface area contributed by atoms with Crippen molar-refractivity contribution in [3.63, 3.8) is 0 Å². The Bertz CT molecular complexity index is 887. The number of rotatable bonds is 5. The van der Waals surface area contributed by atoms with Crippen molar-refractivity contribution in [3.05, 3.63) is 90.2 Å². The molecular weight excluding hydrogens is 371 g/mol. The number of hydrogen-bond donors (Lipinski definition) is 2. The molecular formula is C23H23FN2OS. The summed E-state index contributed by atoms with van der Waals surface area (Å²) in [4.78, 5) is 2.31. The molecule has 144 valence electrons. The number of nitrogens with zero attached hydrogens (tertiary/aromatic N) is 1. The van der Waals surface area contributed by atoms with Crippen LogP contribution in [-0.2, 0) is 0 Å². The smallest absolute Gasteiger partial charge is 0.127 e. The second-order valence-electron chi connectivity index (χ2n) is 6.87. The zero-order valence-electron chi connectivity index (χ0n) is 15.5. The summed E-state index contributed by atoms with van der Waals surface area (Å²) in [6.45, 7) is 2.59. The molecule has 1 saturated heterocycles. The van der Waals surface area contributed by atoms with Crippen LogP contribution in [0.2, 0.25) is 0 Å². The van der Waals surface area contributed by atoms with Crippen LogP contribution >= 0.6 is 12.6 Å². The zero-order valence-corrected chi connectivity index (χ0v) is 16.4. The van der Waals surface area contributed by atoms with Crippen molar-refractivity contribution < 1.29 is 9.13 Å². The van der Waals surface area contributed by atoms with Crippen molar-refractivity contribution in [1.82, 2.24) is 5.32 Å². The molecule has 0 amide bonds. The molecule has 2 unspecified atom stereocenters. The maximum Gasteiger partial charge on any atom is 0.127 e. The van der Waals surface area contributed by atoms with E-state index in [-0.39, 0.29) is 17.1 Å². The minimum Gasteiger partial charge on any atom is -0.457 e. The Kier molecular flexibility index (Phi) is 5.84. The SMILES string of the molecule is Fc1ccc(N2CCNCC2C(S)c2ccc(Oc3ccccc3)cc2)cc1. The number of nitrogens with one attached hydrogen (secondary N) is 1. The molecule has 5 heteroatoms. The van der Waals surface area contributed by atoms with Crippen LogP contribution in [-0.4, -0.2) is 25.7 Å². The van der Waals surface area contributed by atoms with Gasteiger partial charge in [-0.1, -0.05) is 30.3 Å². The van der Waals surface area contributed by atoms with Gasteiger partial charge in [0.2, 0.25) is 0 Å². The lowest BCUT2D eigenvalue weighted by atomic mass is 10.0. The molecule has 3 nitrogen and oxygen atoms in total. The van der Waals surface area contributed by atoms with E-state index in [9.17, 15) is 4.39 Å². The molecule has 0 aromatic heterocycles. The van der Waals surface area contributed by atoms with Gasteiger partial charge < -0.3 is 15.0 Å². The molecule has 0 spiro atoms. The maximum absolute atomic E-state index is 13.3. The summed E-state index contributed by atoms with van der Waals surface area (Å²) < 4.78 is 19.2. The summed E-state index contributed by atoms with van der Waals surface area (Å²) in [5.74, 6) is 1.40. The van der Waals surface area contributed by atoms with Crippen molar-refractivity contribution in [2.24, 2.45) is 0 Å². The first kappa shape index (κ1) is 18.8. The molecule has 1 aliphatic rings. The fraction of sp³-hybridized carbons (Fsp3) is 0.217. The molecule has 1 heterocycles. The third kappa shape index (κ3) is 4.32. The normalized spacial score (nSPS) is 17.9. The average Bonchev–Trinajstić information content (AvgIpc) is 2.75. The van der Waals surface area contributed by atoms with Crippen LogP contribution in [0.1, 0.15) is 10.8 Å². The number of para-hydroxylation sites is 1. The number of halogens is 1. The molecule has 0 radical (unpaired) electrons. The van der Waals surface area contributed by atoms with Crippen LogP contribution in [0.25, 0.3) is 0 Å². The zero-order chi connectivity index (χ0) is 19.3. The van der Waals surface area contributed by atoms with E-state index in [4.69, 9.17) is 17.4 Å². The van der Waals surface area contributed by atoms with E-state index in [1.165, 1.54) is 12.1 Å². The number of thiol groups is 1. The van der Waals surface area contributed by atoms with E-state index in [2.05, 4.69) is 22.3 Å². The number of piperazine rings is 1. The minimum absolute atomic E-state index is 0.0172. The van der Waals surface area contributed by atoms with Gasteiger partial charge in [0.05, 0.1) is 6.04 Å². The van der Waals surface area contributed by atoms with Crippen LogP contribution in [0.4, 0.5) is 10.1 Å². The molecule has 1 aliphatic heterocycles. The van der Waals surface area contributed by atoms with E-state index in [0.29, 0.717) is 0 Å². The largest absolute Gasteiger partial charge is 0.457 e. The monoisotopic (exact) mass is 394 g/mol. The highest BCUT2D eigenvalue weighted by Gasteiger charge is 2.29.